The van der Waals surface area contributed by atoms with Crippen molar-refractivity contribution in [3.05, 3.63) is 0 Å². The molecule has 0 bridgehead atoms. The van der Waals surface area contributed by atoms with Gasteiger partial charge < -0.3 is 10.4 Å². The first kappa shape index (κ1) is 16.0. The van der Waals surface area contributed by atoms with Crippen LogP contribution in [0.5, 0.6) is 0 Å². The van der Waals surface area contributed by atoms with E-state index in [9.17, 15) is 14.7 Å². The molecular formula is C15H27NO3. The number of amides is 1. The van der Waals surface area contributed by atoms with Crippen LogP contribution in [0, 0.1) is 23.2 Å². The molecule has 4 nitrogen and oxygen atoms in total. The quantitative estimate of drug-likeness (QED) is 0.824. The molecule has 1 aliphatic rings. The zero-order valence-corrected chi connectivity index (χ0v) is 12.7. The first-order valence-electron chi connectivity index (χ1n) is 7.20. The third-order valence-corrected chi connectivity index (χ3v) is 4.55. The van der Waals surface area contributed by atoms with Crippen LogP contribution in [0.25, 0.3) is 0 Å². The fourth-order valence-electron chi connectivity index (χ4n) is 2.58. The Morgan fingerprint density at radius 1 is 1.26 bits per heavy atom. The van der Waals surface area contributed by atoms with E-state index in [1.807, 2.05) is 6.92 Å². The Labute approximate surface area is 116 Å². The highest BCUT2D eigenvalue weighted by molar-refractivity contribution is 5.85. The van der Waals surface area contributed by atoms with Gasteiger partial charge in [-0.1, -0.05) is 34.1 Å². The van der Waals surface area contributed by atoms with E-state index in [0.717, 1.165) is 6.42 Å². The summed E-state index contributed by atoms with van der Waals surface area (Å²) < 4.78 is 0. The summed E-state index contributed by atoms with van der Waals surface area (Å²) in [6, 6.07) is 0.0371. The lowest BCUT2D eigenvalue weighted by Gasteiger charge is -2.29. The molecule has 0 radical (unpaired) electrons. The number of hydrogen-bond acceptors (Lipinski definition) is 2. The van der Waals surface area contributed by atoms with Crippen LogP contribution < -0.4 is 5.32 Å². The van der Waals surface area contributed by atoms with Crippen molar-refractivity contribution < 1.29 is 14.7 Å². The molecule has 1 saturated carbocycles. The third kappa shape index (κ3) is 3.95. The lowest BCUT2D eigenvalue weighted by molar-refractivity contribution is -0.146. The van der Waals surface area contributed by atoms with Gasteiger partial charge in [0.2, 0.25) is 5.91 Å². The summed E-state index contributed by atoms with van der Waals surface area (Å²) in [6.45, 7) is 10.2. The van der Waals surface area contributed by atoms with E-state index in [-0.39, 0.29) is 23.3 Å². The van der Waals surface area contributed by atoms with Crippen LogP contribution in [0.4, 0.5) is 0 Å². The van der Waals surface area contributed by atoms with Crippen molar-refractivity contribution in [2.24, 2.45) is 23.2 Å². The second-order valence-electron chi connectivity index (χ2n) is 6.89. The normalized spacial score (nSPS) is 29.0. The van der Waals surface area contributed by atoms with Crippen LogP contribution in [0.15, 0.2) is 0 Å². The van der Waals surface area contributed by atoms with Crippen molar-refractivity contribution >= 4 is 11.9 Å². The highest BCUT2D eigenvalue weighted by Crippen LogP contribution is 2.38. The SMILES string of the molecule is CCC1CC(C(=O)O)C(C(=O)NC(C)C(C)(C)C)C1. The molecule has 0 spiro atoms. The first-order chi connectivity index (χ1) is 8.66. The number of carboxylic acids is 1. The van der Waals surface area contributed by atoms with Crippen molar-refractivity contribution in [2.75, 3.05) is 0 Å². The van der Waals surface area contributed by atoms with E-state index in [4.69, 9.17) is 0 Å². The molecular weight excluding hydrogens is 242 g/mol. The minimum atomic E-state index is -0.834. The summed E-state index contributed by atoms with van der Waals surface area (Å²) in [7, 11) is 0. The standard InChI is InChI=1S/C15H27NO3/c1-6-10-7-11(12(8-10)14(18)19)13(17)16-9(2)15(3,4)5/h9-12H,6-8H2,1-5H3,(H,16,17)(H,18,19). The number of rotatable bonds is 4. The maximum absolute atomic E-state index is 12.3. The number of hydrogen-bond donors (Lipinski definition) is 2. The van der Waals surface area contributed by atoms with Crippen LogP contribution in [0.3, 0.4) is 0 Å². The summed E-state index contributed by atoms with van der Waals surface area (Å²) in [6.07, 6.45) is 2.28. The summed E-state index contributed by atoms with van der Waals surface area (Å²) >= 11 is 0. The molecule has 0 aromatic heterocycles. The first-order valence-corrected chi connectivity index (χ1v) is 7.20. The van der Waals surface area contributed by atoms with Gasteiger partial charge in [-0.05, 0) is 31.1 Å². The number of carbonyl (C=O) groups is 2. The van der Waals surface area contributed by atoms with Crippen molar-refractivity contribution in [2.45, 2.75) is 59.9 Å². The second-order valence-corrected chi connectivity index (χ2v) is 6.89. The van der Waals surface area contributed by atoms with E-state index in [1.54, 1.807) is 0 Å². The molecule has 110 valence electrons. The number of nitrogens with one attached hydrogen (secondary N) is 1. The fraction of sp³-hybridized carbons (Fsp3) is 0.867. The zero-order valence-electron chi connectivity index (χ0n) is 12.7. The Kier molecular flexibility index (Phi) is 4.99. The van der Waals surface area contributed by atoms with E-state index in [0.29, 0.717) is 18.8 Å². The number of aliphatic carboxylic acids is 1. The summed E-state index contributed by atoms with van der Waals surface area (Å²) in [5.41, 5.74) is -0.0167. The Morgan fingerprint density at radius 3 is 2.21 bits per heavy atom. The molecule has 1 rings (SSSR count). The monoisotopic (exact) mass is 269 g/mol. The van der Waals surface area contributed by atoms with Gasteiger partial charge in [-0.3, -0.25) is 9.59 Å². The minimum absolute atomic E-state index is 0.0167. The topological polar surface area (TPSA) is 66.4 Å². The molecule has 4 heteroatoms. The van der Waals surface area contributed by atoms with Crippen LogP contribution in [0.1, 0.15) is 53.9 Å². The van der Waals surface area contributed by atoms with Crippen LogP contribution >= 0.6 is 0 Å². The van der Waals surface area contributed by atoms with E-state index in [1.165, 1.54) is 0 Å². The van der Waals surface area contributed by atoms with Gasteiger partial charge in [-0.15, -0.1) is 0 Å². The molecule has 0 aromatic rings. The highest BCUT2D eigenvalue weighted by atomic mass is 16.4. The molecule has 4 atom stereocenters. The lowest BCUT2D eigenvalue weighted by atomic mass is 9.87. The maximum atomic E-state index is 12.3. The van der Waals surface area contributed by atoms with Crippen LogP contribution in [-0.4, -0.2) is 23.0 Å². The molecule has 0 heterocycles. The van der Waals surface area contributed by atoms with Gasteiger partial charge in [0, 0.05) is 6.04 Å². The largest absolute Gasteiger partial charge is 0.481 e. The molecule has 0 aliphatic heterocycles. The highest BCUT2D eigenvalue weighted by Gasteiger charge is 2.42. The van der Waals surface area contributed by atoms with E-state index < -0.39 is 11.9 Å². The number of carboxylic acid groups (broad SMARTS) is 1. The lowest BCUT2D eigenvalue weighted by Crippen LogP contribution is -2.45. The van der Waals surface area contributed by atoms with Gasteiger partial charge in [0.25, 0.3) is 0 Å². The van der Waals surface area contributed by atoms with Crippen molar-refractivity contribution in [1.82, 2.24) is 5.32 Å². The van der Waals surface area contributed by atoms with Gasteiger partial charge in [0.15, 0.2) is 0 Å². The summed E-state index contributed by atoms with van der Waals surface area (Å²) in [4.78, 5) is 23.6. The van der Waals surface area contributed by atoms with Crippen molar-refractivity contribution in [1.29, 1.82) is 0 Å². The second kappa shape index (κ2) is 5.93. The third-order valence-electron chi connectivity index (χ3n) is 4.55. The summed E-state index contributed by atoms with van der Waals surface area (Å²) in [5, 5.41) is 12.2. The van der Waals surface area contributed by atoms with Gasteiger partial charge in [-0.2, -0.15) is 0 Å². The fourth-order valence-corrected chi connectivity index (χ4v) is 2.58. The van der Waals surface area contributed by atoms with Gasteiger partial charge in [0.05, 0.1) is 11.8 Å². The molecule has 1 amide bonds. The Bertz CT molecular complexity index is 346. The van der Waals surface area contributed by atoms with Gasteiger partial charge in [-0.25, -0.2) is 0 Å². The van der Waals surface area contributed by atoms with Gasteiger partial charge >= 0.3 is 5.97 Å². The average Bonchev–Trinajstić information content (AvgIpc) is 2.71. The molecule has 19 heavy (non-hydrogen) atoms. The summed E-state index contributed by atoms with van der Waals surface area (Å²) in [5.74, 6) is -1.45. The average molecular weight is 269 g/mol. The molecule has 0 aromatic carbocycles. The van der Waals surface area contributed by atoms with E-state index in [2.05, 4.69) is 33.0 Å². The molecule has 4 unspecified atom stereocenters. The van der Waals surface area contributed by atoms with Crippen molar-refractivity contribution in [3.8, 4) is 0 Å². The molecule has 2 N–H and O–H groups in total. The Hall–Kier alpha value is -1.06. The number of carbonyl (C=O) groups excluding carboxylic acids is 1. The Balaban J connectivity index is 2.72. The van der Waals surface area contributed by atoms with Gasteiger partial charge in [0.1, 0.15) is 0 Å². The van der Waals surface area contributed by atoms with Crippen molar-refractivity contribution in [3.63, 3.8) is 0 Å². The molecule has 0 saturated heterocycles. The maximum Gasteiger partial charge on any atom is 0.307 e. The predicted octanol–water partition coefficient (Wildman–Crippen LogP) is 2.67. The van der Waals surface area contributed by atoms with E-state index >= 15 is 0 Å². The smallest absolute Gasteiger partial charge is 0.307 e. The Morgan fingerprint density at radius 2 is 1.79 bits per heavy atom. The molecule has 1 fully saturated rings. The molecule has 1 aliphatic carbocycles. The predicted molar refractivity (Wildman–Crippen MR) is 74.7 cm³/mol. The zero-order chi connectivity index (χ0) is 14.8. The minimum Gasteiger partial charge on any atom is -0.481 e. The van der Waals surface area contributed by atoms with Crippen LogP contribution in [0.2, 0.25) is 0 Å². The van der Waals surface area contributed by atoms with Crippen LogP contribution in [-0.2, 0) is 9.59 Å².